The first kappa shape index (κ1) is 13.3. The second kappa shape index (κ2) is 4.86. The van der Waals surface area contributed by atoms with Crippen LogP contribution >= 0.6 is 0 Å². The van der Waals surface area contributed by atoms with Gasteiger partial charge in [0, 0.05) is 6.61 Å². The van der Waals surface area contributed by atoms with Gasteiger partial charge in [-0.05, 0) is 52.0 Å². The Kier molecular flexibility index (Phi) is 3.80. The van der Waals surface area contributed by atoms with Crippen molar-refractivity contribution in [1.29, 1.82) is 0 Å². The summed E-state index contributed by atoms with van der Waals surface area (Å²) in [6, 6.07) is 0. The number of ether oxygens (including phenoxy) is 1. The molecular formula is C12H23NO3S. The van der Waals surface area contributed by atoms with Crippen LogP contribution < -0.4 is 5.73 Å². The van der Waals surface area contributed by atoms with Gasteiger partial charge in [-0.2, -0.15) is 0 Å². The molecule has 2 unspecified atom stereocenters. The first-order valence-electron chi connectivity index (χ1n) is 6.57. The van der Waals surface area contributed by atoms with E-state index in [9.17, 15) is 8.42 Å². The third-order valence-electron chi connectivity index (χ3n) is 4.31. The molecule has 2 N–H and O–H groups in total. The van der Waals surface area contributed by atoms with Crippen molar-refractivity contribution in [1.82, 2.24) is 0 Å². The van der Waals surface area contributed by atoms with E-state index >= 15 is 0 Å². The topological polar surface area (TPSA) is 69.4 Å². The van der Waals surface area contributed by atoms with Crippen LogP contribution in [0.25, 0.3) is 0 Å². The number of hydrogen-bond donors (Lipinski definition) is 1. The minimum Gasteiger partial charge on any atom is -0.375 e. The molecule has 0 aromatic heterocycles. The lowest BCUT2D eigenvalue weighted by Gasteiger charge is -2.47. The highest BCUT2D eigenvalue weighted by molar-refractivity contribution is 7.92. The van der Waals surface area contributed by atoms with E-state index in [2.05, 4.69) is 0 Å². The van der Waals surface area contributed by atoms with Crippen LogP contribution in [0.3, 0.4) is 0 Å². The quantitative estimate of drug-likeness (QED) is 0.826. The Morgan fingerprint density at radius 2 is 2.18 bits per heavy atom. The van der Waals surface area contributed by atoms with Crippen LogP contribution in [-0.4, -0.2) is 37.7 Å². The molecule has 1 aliphatic heterocycles. The zero-order chi connectivity index (χ0) is 12.5. The fraction of sp³-hybridized carbons (Fsp3) is 1.00. The summed E-state index contributed by atoms with van der Waals surface area (Å²) in [6.45, 7) is 2.82. The summed E-state index contributed by atoms with van der Waals surface area (Å²) in [7, 11) is -3.03. The Morgan fingerprint density at radius 3 is 2.71 bits per heavy atom. The minimum absolute atomic E-state index is 0.0988. The van der Waals surface area contributed by atoms with E-state index < -0.39 is 9.84 Å². The first-order chi connectivity index (χ1) is 8.00. The van der Waals surface area contributed by atoms with Crippen LogP contribution in [0.5, 0.6) is 0 Å². The van der Waals surface area contributed by atoms with Gasteiger partial charge in [0.05, 0.1) is 16.1 Å². The van der Waals surface area contributed by atoms with E-state index in [0.29, 0.717) is 32.4 Å². The van der Waals surface area contributed by atoms with Crippen LogP contribution in [0, 0.1) is 0 Å². The molecule has 2 atom stereocenters. The Labute approximate surface area is 104 Å². The molecule has 4 nitrogen and oxygen atoms in total. The van der Waals surface area contributed by atoms with Gasteiger partial charge in [0.25, 0.3) is 0 Å². The normalized spacial score (nSPS) is 29.9. The molecule has 0 aromatic carbocycles. The van der Waals surface area contributed by atoms with Gasteiger partial charge < -0.3 is 10.5 Å². The van der Waals surface area contributed by atoms with Gasteiger partial charge in [-0.15, -0.1) is 0 Å². The molecule has 0 amide bonds. The fourth-order valence-corrected chi connectivity index (χ4v) is 4.99. The molecule has 1 spiro atoms. The second-order valence-electron chi connectivity index (χ2n) is 5.48. The number of nitrogens with two attached hydrogens (primary N) is 1. The molecule has 2 rings (SSSR count). The fourth-order valence-electron chi connectivity index (χ4n) is 2.91. The van der Waals surface area contributed by atoms with Gasteiger partial charge in [0.15, 0.2) is 9.84 Å². The van der Waals surface area contributed by atoms with Crippen LogP contribution in [-0.2, 0) is 14.6 Å². The SMILES string of the molecule is CC(CCN)S(=O)(=O)C1CCOC2(CCC2)C1. The minimum atomic E-state index is -3.03. The average Bonchev–Trinajstić information content (AvgIpc) is 2.27. The smallest absolute Gasteiger partial charge is 0.155 e. The molecule has 100 valence electrons. The number of hydrogen-bond acceptors (Lipinski definition) is 4. The van der Waals surface area contributed by atoms with Crippen molar-refractivity contribution in [3.63, 3.8) is 0 Å². The molecule has 0 bridgehead atoms. The van der Waals surface area contributed by atoms with Crippen LogP contribution in [0.4, 0.5) is 0 Å². The van der Waals surface area contributed by atoms with Crippen molar-refractivity contribution < 1.29 is 13.2 Å². The predicted molar refractivity (Wildman–Crippen MR) is 67.6 cm³/mol. The summed E-state index contributed by atoms with van der Waals surface area (Å²) in [5, 5.41) is -0.522. The summed E-state index contributed by atoms with van der Waals surface area (Å²) in [5.41, 5.74) is 5.36. The van der Waals surface area contributed by atoms with E-state index in [4.69, 9.17) is 10.5 Å². The third-order valence-corrected chi connectivity index (χ3v) is 7.00. The van der Waals surface area contributed by atoms with E-state index in [1.54, 1.807) is 6.92 Å². The van der Waals surface area contributed by atoms with Crippen molar-refractivity contribution in [3.8, 4) is 0 Å². The highest BCUT2D eigenvalue weighted by Crippen LogP contribution is 2.44. The molecule has 2 aliphatic rings. The Morgan fingerprint density at radius 1 is 1.47 bits per heavy atom. The maximum Gasteiger partial charge on any atom is 0.155 e. The maximum absolute atomic E-state index is 12.4. The van der Waals surface area contributed by atoms with Gasteiger partial charge in [-0.3, -0.25) is 0 Å². The Hall–Kier alpha value is -0.130. The lowest BCUT2D eigenvalue weighted by Crippen LogP contribution is -2.50. The summed E-state index contributed by atoms with van der Waals surface area (Å²) in [5.74, 6) is 0. The standard InChI is InChI=1S/C12H23NO3S/c1-10(3-7-13)17(14,15)11-4-8-16-12(9-11)5-2-6-12/h10-11H,2-9,13H2,1H3. The largest absolute Gasteiger partial charge is 0.375 e. The lowest BCUT2D eigenvalue weighted by atomic mass is 9.75. The highest BCUT2D eigenvalue weighted by atomic mass is 32.2. The van der Waals surface area contributed by atoms with Crippen LogP contribution in [0.1, 0.15) is 45.4 Å². The third kappa shape index (κ3) is 2.51. The van der Waals surface area contributed by atoms with Crippen molar-refractivity contribution in [2.45, 2.75) is 61.5 Å². The molecule has 1 heterocycles. The average molecular weight is 261 g/mol. The maximum atomic E-state index is 12.4. The molecule has 1 saturated carbocycles. The Balaban J connectivity index is 2.05. The van der Waals surface area contributed by atoms with Crippen molar-refractivity contribution in [2.24, 2.45) is 5.73 Å². The van der Waals surface area contributed by atoms with Crippen LogP contribution in [0.2, 0.25) is 0 Å². The number of rotatable bonds is 4. The highest BCUT2D eigenvalue weighted by Gasteiger charge is 2.46. The summed E-state index contributed by atoms with van der Waals surface area (Å²) < 4.78 is 30.6. The summed E-state index contributed by atoms with van der Waals surface area (Å²) >= 11 is 0. The lowest BCUT2D eigenvalue weighted by molar-refractivity contribution is -0.125. The molecule has 0 aromatic rings. The Bertz CT molecular complexity index is 362. The summed E-state index contributed by atoms with van der Waals surface area (Å²) in [4.78, 5) is 0. The molecule has 17 heavy (non-hydrogen) atoms. The van der Waals surface area contributed by atoms with Gasteiger partial charge in [0.1, 0.15) is 0 Å². The summed E-state index contributed by atoms with van der Waals surface area (Å²) in [6.07, 6.45) is 5.15. The van der Waals surface area contributed by atoms with Gasteiger partial charge in [-0.25, -0.2) is 8.42 Å². The van der Waals surface area contributed by atoms with Gasteiger partial charge in [0.2, 0.25) is 0 Å². The van der Waals surface area contributed by atoms with Crippen LogP contribution in [0.15, 0.2) is 0 Å². The van der Waals surface area contributed by atoms with Crippen molar-refractivity contribution >= 4 is 9.84 Å². The first-order valence-corrected chi connectivity index (χ1v) is 8.18. The molecular weight excluding hydrogens is 238 g/mol. The zero-order valence-corrected chi connectivity index (χ0v) is 11.3. The van der Waals surface area contributed by atoms with E-state index in [-0.39, 0.29) is 16.1 Å². The van der Waals surface area contributed by atoms with Crippen molar-refractivity contribution in [3.05, 3.63) is 0 Å². The molecule has 0 radical (unpaired) electrons. The monoisotopic (exact) mass is 261 g/mol. The predicted octanol–water partition coefficient (Wildman–Crippen LogP) is 1.24. The van der Waals surface area contributed by atoms with Gasteiger partial charge in [-0.1, -0.05) is 0 Å². The van der Waals surface area contributed by atoms with E-state index in [0.717, 1.165) is 12.8 Å². The van der Waals surface area contributed by atoms with Gasteiger partial charge >= 0.3 is 0 Å². The molecule has 1 aliphatic carbocycles. The van der Waals surface area contributed by atoms with E-state index in [1.807, 2.05) is 0 Å². The molecule has 2 fully saturated rings. The second-order valence-corrected chi connectivity index (χ2v) is 8.13. The van der Waals surface area contributed by atoms with E-state index in [1.165, 1.54) is 6.42 Å². The molecule has 5 heteroatoms. The van der Waals surface area contributed by atoms with Crippen molar-refractivity contribution in [2.75, 3.05) is 13.2 Å². The number of sulfone groups is 1. The molecule has 1 saturated heterocycles. The zero-order valence-electron chi connectivity index (χ0n) is 10.5.